The van der Waals surface area contributed by atoms with Crippen molar-refractivity contribution in [2.75, 3.05) is 5.32 Å². The van der Waals surface area contributed by atoms with E-state index in [4.69, 9.17) is 4.98 Å². The van der Waals surface area contributed by atoms with Gasteiger partial charge in [-0.15, -0.1) is 0 Å². The summed E-state index contributed by atoms with van der Waals surface area (Å²) in [6, 6.07) is 18.7. The molecule has 0 aliphatic carbocycles. The van der Waals surface area contributed by atoms with Crippen molar-refractivity contribution in [1.29, 1.82) is 0 Å². The number of thioether (sulfide) groups is 1. The molecule has 2 heterocycles. The highest BCUT2D eigenvalue weighted by Crippen LogP contribution is 2.25. The van der Waals surface area contributed by atoms with Gasteiger partial charge in [-0.2, -0.15) is 0 Å². The zero-order valence-corrected chi connectivity index (χ0v) is 19.0. The molecule has 0 radical (unpaired) electrons. The molecule has 1 amide bonds. The van der Waals surface area contributed by atoms with E-state index in [-0.39, 0.29) is 11.5 Å². The third kappa shape index (κ3) is 4.57. The van der Waals surface area contributed by atoms with Crippen molar-refractivity contribution in [1.82, 2.24) is 14.5 Å². The number of hydrogen-bond acceptors (Lipinski definition) is 5. The van der Waals surface area contributed by atoms with Crippen LogP contribution in [0.15, 0.2) is 76.8 Å². The number of anilines is 1. The van der Waals surface area contributed by atoms with Crippen molar-refractivity contribution in [2.45, 2.75) is 37.6 Å². The lowest BCUT2D eigenvalue weighted by atomic mass is 10.1. The molecule has 0 saturated heterocycles. The molecule has 32 heavy (non-hydrogen) atoms. The minimum Gasteiger partial charge on any atom is -0.325 e. The first-order valence-electron chi connectivity index (χ1n) is 10.5. The number of carbonyl (C=O) groups excluding carboxylic acids is 1. The molecular formula is C25H24N4O2S. The van der Waals surface area contributed by atoms with Crippen LogP contribution in [-0.2, 0) is 11.2 Å². The van der Waals surface area contributed by atoms with Crippen LogP contribution in [0.5, 0.6) is 0 Å². The number of fused-ring (bicyclic) bond motifs is 1. The molecule has 4 rings (SSSR count). The Morgan fingerprint density at radius 3 is 2.53 bits per heavy atom. The molecule has 162 valence electrons. The summed E-state index contributed by atoms with van der Waals surface area (Å²) in [7, 11) is 0. The zero-order valence-electron chi connectivity index (χ0n) is 18.2. The summed E-state index contributed by atoms with van der Waals surface area (Å²) in [5.41, 5.74) is 3.32. The Morgan fingerprint density at radius 2 is 1.84 bits per heavy atom. The molecule has 0 spiro atoms. The lowest BCUT2D eigenvalue weighted by Crippen LogP contribution is -2.26. The van der Waals surface area contributed by atoms with E-state index >= 15 is 0 Å². The van der Waals surface area contributed by atoms with E-state index in [2.05, 4.69) is 17.2 Å². The van der Waals surface area contributed by atoms with E-state index in [0.29, 0.717) is 21.9 Å². The van der Waals surface area contributed by atoms with Crippen LogP contribution < -0.4 is 10.9 Å². The number of aromatic nitrogens is 3. The minimum atomic E-state index is -0.481. The van der Waals surface area contributed by atoms with Gasteiger partial charge in [0.25, 0.3) is 5.56 Å². The monoisotopic (exact) mass is 444 g/mol. The van der Waals surface area contributed by atoms with Crippen LogP contribution in [-0.4, -0.2) is 25.7 Å². The zero-order chi connectivity index (χ0) is 22.7. The molecule has 4 aromatic rings. The standard InChI is InChI=1S/C25H24N4O2S/c1-4-18-10-12-19(13-11-18)27-23(30)17(3)32-25-28-21-8-6-5-7-20(21)24(31)29(25)22-14-9-16(2)15-26-22/h5-15,17H,4H2,1-3H3,(H,27,30). The molecule has 7 heteroatoms. The summed E-state index contributed by atoms with van der Waals surface area (Å²) in [4.78, 5) is 35.3. The van der Waals surface area contributed by atoms with Crippen LogP contribution in [0.1, 0.15) is 25.0 Å². The number of nitrogens with zero attached hydrogens (tertiary/aromatic N) is 3. The first-order valence-corrected chi connectivity index (χ1v) is 11.4. The maximum absolute atomic E-state index is 13.3. The van der Waals surface area contributed by atoms with Crippen molar-refractivity contribution in [2.24, 2.45) is 0 Å². The molecule has 1 N–H and O–H groups in total. The second kappa shape index (κ2) is 9.36. The van der Waals surface area contributed by atoms with Gasteiger partial charge >= 0.3 is 0 Å². The minimum absolute atomic E-state index is 0.162. The number of carbonyl (C=O) groups is 1. The molecular weight excluding hydrogens is 420 g/mol. The maximum atomic E-state index is 13.3. The van der Waals surface area contributed by atoms with E-state index < -0.39 is 5.25 Å². The van der Waals surface area contributed by atoms with E-state index in [1.165, 1.54) is 21.9 Å². The Bertz CT molecular complexity index is 1310. The Balaban J connectivity index is 1.67. The molecule has 0 aliphatic heterocycles. The van der Waals surface area contributed by atoms with Gasteiger partial charge in [0.1, 0.15) is 5.82 Å². The topological polar surface area (TPSA) is 76.9 Å². The number of nitrogens with one attached hydrogen (secondary N) is 1. The molecule has 2 aromatic heterocycles. The van der Waals surface area contributed by atoms with Gasteiger partial charge in [0.05, 0.1) is 16.2 Å². The number of pyridine rings is 1. The Kier molecular flexibility index (Phi) is 6.37. The highest BCUT2D eigenvalue weighted by Gasteiger charge is 2.21. The first-order chi connectivity index (χ1) is 15.5. The Labute approximate surface area is 190 Å². The van der Waals surface area contributed by atoms with Crippen LogP contribution in [0, 0.1) is 6.92 Å². The number of benzene rings is 2. The van der Waals surface area contributed by atoms with Gasteiger partial charge in [-0.05, 0) is 61.7 Å². The summed E-state index contributed by atoms with van der Waals surface area (Å²) in [5.74, 6) is 0.314. The third-order valence-corrected chi connectivity index (χ3v) is 6.20. The molecule has 0 aliphatic rings. The van der Waals surface area contributed by atoms with Crippen molar-refractivity contribution in [3.05, 3.63) is 88.3 Å². The molecule has 0 fully saturated rings. The molecule has 0 saturated carbocycles. The second-order valence-electron chi connectivity index (χ2n) is 7.55. The van der Waals surface area contributed by atoms with Crippen LogP contribution in [0.2, 0.25) is 0 Å². The summed E-state index contributed by atoms with van der Waals surface area (Å²) in [6.45, 7) is 5.83. The fourth-order valence-electron chi connectivity index (χ4n) is 3.27. The summed E-state index contributed by atoms with van der Waals surface area (Å²) in [5, 5.41) is 3.39. The average molecular weight is 445 g/mol. The molecule has 6 nitrogen and oxygen atoms in total. The lowest BCUT2D eigenvalue weighted by Gasteiger charge is -2.16. The molecule has 1 atom stereocenters. The summed E-state index contributed by atoms with van der Waals surface area (Å²) in [6.07, 6.45) is 2.65. The number of amides is 1. The Hall–Kier alpha value is -3.45. The average Bonchev–Trinajstić information content (AvgIpc) is 2.80. The number of para-hydroxylation sites is 1. The van der Waals surface area contributed by atoms with Crippen LogP contribution in [0.3, 0.4) is 0 Å². The highest BCUT2D eigenvalue weighted by molar-refractivity contribution is 8.00. The normalized spacial score (nSPS) is 12.0. The first kappa shape index (κ1) is 21.8. The largest absolute Gasteiger partial charge is 0.325 e. The number of hydrogen-bond donors (Lipinski definition) is 1. The van der Waals surface area contributed by atoms with Crippen LogP contribution in [0.4, 0.5) is 5.69 Å². The maximum Gasteiger partial charge on any atom is 0.267 e. The number of rotatable bonds is 6. The molecule has 2 aromatic carbocycles. The van der Waals surface area contributed by atoms with Crippen LogP contribution >= 0.6 is 11.8 Å². The smallest absolute Gasteiger partial charge is 0.267 e. The summed E-state index contributed by atoms with van der Waals surface area (Å²) < 4.78 is 1.48. The fourth-order valence-corrected chi connectivity index (χ4v) is 4.18. The fraction of sp³-hybridized carbons (Fsp3) is 0.200. The second-order valence-corrected chi connectivity index (χ2v) is 8.85. The van der Waals surface area contributed by atoms with Gasteiger partial charge < -0.3 is 5.32 Å². The SMILES string of the molecule is CCc1ccc(NC(=O)C(C)Sc2nc3ccccc3c(=O)n2-c2ccc(C)cn2)cc1. The van der Waals surface area contributed by atoms with Gasteiger partial charge in [-0.3, -0.25) is 9.59 Å². The molecule has 0 bridgehead atoms. The Morgan fingerprint density at radius 1 is 1.09 bits per heavy atom. The lowest BCUT2D eigenvalue weighted by molar-refractivity contribution is -0.115. The van der Waals surface area contributed by atoms with Gasteiger partial charge in [0, 0.05) is 11.9 Å². The van der Waals surface area contributed by atoms with Gasteiger partial charge in [-0.1, -0.05) is 49.0 Å². The van der Waals surface area contributed by atoms with Crippen molar-refractivity contribution < 1.29 is 4.79 Å². The quantitative estimate of drug-likeness (QED) is 0.342. The molecule has 1 unspecified atom stereocenters. The van der Waals surface area contributed by atoms with Crippen molar-refractivity contribution >= 4 is 34.3 Å². The van der Waals surface area contributed by atoms with E-state index in [1.807, 2.05) is 49.4 Å². The number of aryl methyl sites for hydroxylation is 2. The summed E-state index contributed by atoms with van der Waals surface area (Å²) >= 11 is 1.23. The van der Waals surface area contributed by atoms with Gasteiger partial charge in [-0.25, -0.2) is 14.5 Å². The van der Waals surface area contributed by atoms with Gasteiger partial charge in [0.15, 0.2) is 5.16 Å². The predicted octanol–water partition coefficient (Wildman–Crippen LogP) is 4.77. The van der Waals surface area contributed by atoms with Crippen molar-refractivity contribution in [3.8, 4) is 5.82 Å². The van der Waals surface area contributed by atoms with Crippen LogP contribution in [0.25, 0.3) is 16.7 Å². The van der Waals surface area contributed by atoms with E-state index in [1.54, 1.807) is 31.3 Å². The van der Waals surface area contributed by atoms with Gasteiger partial charge in [0.2, 0.25) is 5.91 Å². The predicted molar refractivity (Wildman–Crippen MR) is 130 cm³/mol. The van der Waals surface area contributed by atoms with E-state index in [9.17, 15) is 9.59 Å². The third-order valence-electron chi connectivity index (χ3n) is 5.15. The highest BCUT2D eigenvalue weighted by atomic mass is 32.2. The van der Waals surface area contributed by atoms with E-state index in [0.717, 1.165) is 17.7 Å². The van der Waals surface area contributed by atoms with Crippen molar-refractivity contribution in [3.63, 3.8) is 0 Å².